The van der Waals surface area contributed by atoms with Gasteiger partial charge in [-0.15, -0.1) is 34.0 Å². The van der Waals surface area contributed by atoms with Crippen LogP contribution in [0.5, 0.6) is 0 Å². The fourth-order valence-electron chi connectivity index (χ4n) is 5.43. The Hall–Kier alpha value is -2.07. The maximum atomic E-state index is 13.5. The molecule has 5 rings (SSSR count). The Morgan fingerprint density at radius 3 is 2.17 bits per heavy atom. The number of carboxylic acid groups (broad SMARTS) is 1. The number of hydrogen-bond donors (Lipinski definition) is 1. The van der Waals surface area contributed by atoms with Gasteiger partial charge in [0.15, 0.2) is 0 Å². The van der Waals surface area contributed by atoms with Gasteiger partial charge in [-0.1, -0.05) is 38.8 Å². The summed E-state index contributed by atoms with van der Waals surface area (Å²) in [5.74, 6) is -1.03. The van der Waals surface area contributed by atoms with Crippen LogP contribution in [0, 0.1) is 13.8 Å². The molecule has 0 unspecified atom stereocenters. The molecule has 36 heavy (non-hydrogen) atoms. The zero-order chi connectivity index (χ0) is 25.8. The molecule has 190 valence electrons. The van der Waals surface area contributed by atoms with E-state index >= 15 is 0 Å². The number of aryl methyl sites for hydroxylation is 2. The van der Waals surface area contributed by atoms with E-state index in [0.717, 1.165) is 46.7 Å². The van der Waals surface area contributed by atoms with Gasteiger partial charge in [0.2, 0.25) is 0 Å². The van der Waals surface area contributed by atoms with E-state index in [-0.39, 0.29) is 18.2 Å². The average Bonchev–Trinajstić information content (AvgIpc) is 3.57. The van der Waals surface area contributed by atoms with E-state index in [1.165, 1.54) is 29.9 Å². The Labute approximate surface area is 224 Å². The molecule has 1 N–H and O–H groups in total. The van der Waals surface area contributed by atoms with Gasteiger partial charge in [-0.05, 0) is 49.2 Å². The molecular formula is C27H31NO4S3Si. The Bertz CT molecular complexity index is 1380. The lowest BCUT2D eigenvalue weighted by atomic mass is 10.1. The number of aliphatic carboxylic acids is 1. The van der Waals surface area contributed by atoms with Gasteiger partial charge in [-0.2, -0.15) is 0 Å². The maximum absolute atomic E-state index is 13.5. The van der Waals surface area contributed by atoms with Gasteiger partial charge in [-0.3, -0.25) is 19.3 Å². The highest BCUT2D eigenvalue weighted by atomic mass is 32.1. The van der Waals surface area contributed by atoms with Crippen molar-refractivity contribution in [3.05, 3.63) is 33.0 Å². The van der Waals surface area contributed by atoms with E-state index in [4.69, 9.17) is 5.11 Å². The molecule has 2 aliphatic rings. The molecule has 0 bridgehead atoms. The Morgan fingerprint density at radius 2 is 1.44 bits per heavy atom. The smallest absolute Gasteiger partial charge is 0.303 e. The number of carbonyl (C=O) groups is 3. The lowest BCUT2D eigenvalue weighted by molar-refractivity contribution is -0.137. The van der Waals surface area contributed by atoms with E-state index in [0.29, 0.717) is 24.1 Å². The molecule has 0 aliphatic carbocycles. The van der Waals surface area contributed by atoms with E-state index in [9.17, 15) is 14.4 Å². The van der Waals surface area contributed by atoms with Crippen LogP contribution in [0.4, 0.5) is 0 Å². The lowest BCUT2D eigenvalue weighted by Crippen LogP contribution is -2.48. The molecule has 0 spiro atoms. The zero-order valence-corrected chi connectivity index (χ0v) is 24.6. The number of thiophene rings is 3. The molecule has 5 nitrogen and oxygen atoms in total. The lowest BCUT2D eigenvalue weighted by Gasteiger charge is -2.16. The number of hydrogen-bond acceptors (Lipinski definition) is 6. The molecule has 0 fully saturated rings. The number of rotatable bonds is 10. The predicted molar refractivity (Wildman–Crippen MR) is 152 cm³/mol. The van der Waals surface area contributed by atoms with Crippen LogP contribution in [0.2, 0.25) is 13.1 Å². The van der Waals surface area contributed by atoms with E-state index < -0.39 is 14.0 Å². The third kappa shape index (κ3) is 4.23. The molecule has 2 aliphatic heterocycles. The normalized spacial score (nSPS) is 15.5. The summed E-state index contributed by atoms with van der Waals surface area (Å²) in [6.07, 6.45) is 5.53. The third-order valence-corrected chi connectivity index (χ3v) is 14.9. The van der Waals surface area contributed by atoms with Gasteiger partial charge in [0.25, 0.3) is 11.8 Å². The molecule has 0 atom stereocenters. The summed E-state index contributed by atoms with van der Waals surface area (Å²) in [5.41, 5.74) is 1.21. The number of carbonyl (C=O) groups excluding carboxylic acids is 2. The molecule has 5 heterocycles. The first-order valence-corrected chi connectivity index (χ1v) is 18.0. The van der Waals surface area contributed by atoms with Crippen LogP contribution in [-0.4, -0.2) is 42.4 Å². The highest BCUT2D eigenvalue weighted by molar-refractivity contribution is 7.31. The van der Waals surface area contributed by atoms with Crippen molar-refractivity contribution >= 4 is 70.2 Å². The minimum Gasteiger partial charge on any atom is -0.481 e. The summed E-state index contributed by atoms with van der Waals surface area (Å²) in [6.45, 7) is 9.40. The molecule has 3 aromatic rings. The average molecular weight is 558 g/mol. The zero-order valence-electron chi connectivity index (χ0n) is 21.2. The highest BCUT2D eigenvalue weighted by Gasteiger charge is 2.44. The second-order valence-electron chi connectivity index (χ2n) is 10.3. The summed E-state index contributed by atoms with van der Waals surface area (Å²) < 4.78 is 0. The summed E-state index contributed by atoms with van der Waals surface area (Å²) in [6, 6.07) is 4.67. The fourth-order valence-corrected chi connectivity index (χ4v) is 13.8. The number of unbranched alkanes of at least 4 members (excludes halogenated alkanes) is 5. The standard InChI is InChI=1S/C27H31NO4S3Si/c1-15-13-18-24(33-15)25-19(36(18,3)4)14-17(35-25)23-22-21(16(2)34-23)26(31)28(27(22)32)12-10-8-6-5-7-9-11-20(29)30/h13-14H,5-12H2,1-4H3,(H,29,30). The predicted octanol–water partition coefficient (Wildman–Crippen LogP) is 6.37. The van der Waals surface area contributed by atoms with Gasteiger partial charge >= 0.3 is 5.97 Å². The van der Waals surface area contributed by atoms with E-state index in [1.807, 2.05) is 18.3 Å². The first-order chi connectivity index (χ1) is 17.1. The number of imide groups is 1. The van der Waals surface area contributed by atoms with Crippen LogP contribution in [0.3, 0.4) is 0 Å². The fraction of sp³-hybridized carbons (Fsp3) is 0.444. The van der Waals surface area contributed by atoms with Crippen molar-refractivity contribution in [1.82, 2.24) is 4.90 Å². The van der Waals surface area contributed by atoms with Crippen LogP contribution >= 0.6 is 34.0 Å². The van der Waals surface area contributed by atoms with Gasteiger partial charge in [0.1, 0.15) is 8.07 Å². The second kappa shape index (κ2) is 9.67. The van der Waals surface area contributed by atoms with Gasteiger partial charge in [0, 0.05) is 37.4 Å². The van der Waals surface area contributed by atoms with Crippen molar-refractivity contribution in [2.24, 2.45) is 0 Å². The van der Waals surface area contributed by atoms with Crippen LogP contribution in [0.15, 0.2) is 12.1 Å². The maximum Gasteiger partial charge on any atom is 0.303 e. The molecule has 3 aromatic heterocycles. The van der Waals surface area contributed by atoms with Crippen LogP contribution in [0.25, 0.3) is 19.5 Å². The van der Waals surface area contributed by atoms with Crippen molar-refractivity contribution in [3.8, 4) is 19.5 Å². The van der Waals surface area contributed by atoms with Gasteiger partial charge < -0.3 is 5.11 Å². The Kier molecular flexibility index (Phi) is 6.87. The number of amides is 2. The largest absolute Gasteiger partial charge is 0.481 e. The summed E-state index contributed by atoms with van der Waals surface area (Å²) in [5, 5.41) is 11.7. The summed E-state index contributed by atoms with van der Waals surface area (Å²) >= 11 is 5.24. The van der Waals surface area contributed by atoms with Crippen LogP contribution < -0.4 is 10.4 Å². The van der Waals surface area contributed by atoms with Crippen LogP contribution in [0.1, 0.15) is 75.4 Å². The second-order valence-corrected chi connectivity index (χ2v) is 18.2. The summed E-state index contributed by atoms with van der Waals surface area (Å²) in [4.78, 5) is 45.9. The van der Waals surface area contributed by atoms with E-state index in [2.05, 4.69) is 32.2 Å². The van der Waals surface area contributed by atoms with Crippen molar-refractivity contribution in [1.29, 1.82) is 0 Å². The monoisotopic (exact) mass is 557 g/mol. The van der Waals surface area contributed by atoms with Crippen molar-refractivity contribution in [2.75, 3.05) is 6.54 Å². The first-order valence-electron chi connectivity index (χ1n) is 12.6. The topological polar surface area (TPSA) is 74.7 Å². The summed E-state index contributed by atoms with van der Waals surface area (Å²) in [7, 11) is -1.74. The molecule has 9 heteroatoms. The van der Waals surface area contributed by atoms with E-state index in [1.54, 1.807) is 22.7 Å². The highest BCUT2D eigenvalue weighted by Crippen LogP contribution is 2.47. The van der Waals surface area contributed by atoms with Crippen molar-refractivity contribution < 1.29 is 19.5 Å². The first kappa shape index (κ1) is 25.6. The quantitative estimate of drug-likeness (QED) is 0.179. The van der Waals surface area contributed by atoms with Crippen molar-refractivity contribution in [2.45, 2.75) is 71.9 Å². The molecule has 0 saturated heterocycles. The van der Waals surface area contributed by atoms with Gasteiger partial charge in [0.05, 0.1) is 16.0 Å². The molecule has 2 amide bonds. The molecule has 0 saturated carbocycles. The SMILES string of the molecule is Cc1cc2c(s1)-c1sc(-c3sc(C)c4c3C(=O)N(CCCCCCCCC(=O)O)C4=O)cc1[Si]2(C)C. The van der Waals surface area contributed by atoms with Crippen LogP contribution in [-0.2, 0) is 4.79 Å². The molecule has 0 aromatic carbocycles. The molecular weight excluding hydrogens is 527 g/mol. The minimum atomic E-state index is -1.74. The number of fused-ring (bicyclic) bond motifs is 4. The Balaban J connectivity index is 1.31. The number of nitrogens with zero attached hydrogens (tertiary/aromatic N) is 1. The Morgan fingerprint density at radius 1 is 0.833 bits per heavy atom. The number of carboxylic acids is 1. The molecule has 0 radical (unpaired) electrons. The third-order valence-electron chi connectivity index (χ3n) is 7.39. The minimum absolute atomic E-state index is 0.145. The van der Waals surface area contributed by atoms with Crippen molar-refractivity contribution in [3.63, 3.8) is 0 Å². The van der Waals surface area contributed by atoms with Gasteiger partial charge in [-0.25, -0.2) is 0 Å².